The maximum Gasteiger partial charge on any atom is 0.307 e. The predicted molar refractivity (Wildman–Crippen MR) is 76.6 cm³/mol. The average Bonchev–Trinajstić information content (AvgIpc) is 2.46. The summed E-state index contributed by atoms with van der Waals surface area (Å²) in [6.07, 6.45) is 0.929. The third kappa shape index (κ3) is 4.03. The third-order valence-electron chi connectivity index (χ3n) is 3.74. The minimum atomic E-state index is -0.895. The Morgan fingerprint density at radius 1 is 1.24 bits per heavy atom. The number of hydrogen-bond donors (Lipinski definition) is 3. The van der Waals surface area contributed by atoms with Crippen LogP contribution in [0, 0.1) is 0 Å². The van der Waals surface area contributed by atoms with Crippen molar-refractivity contribution in [3.8, 4) is 0 Å². The van der Waals surface area contributed by atoms with Crippen LogP contribution in [-0.4, -0.2) is 35.7 Å². The number of carboxylic acid groups (broad SMARTS) is 1. The van der Waals surface area contributed by atoms with Crippen LogP contribution >= 0.6 is 0 Å². The minimum Gasteiger partial charge on any atom is -0.481 e. The minimum absolute atomic E-state index is 0.0619. The van der Waals surface area contributed by atoms with Gasteiger partial charge >= 0.3 is 5.97 Å². The largest absolute Gasteiger partial charge is 0.481 e. The van der Waals surface area contributed by atoms with E-state index in [0.29, 0.717) is 31.6 Å². The van der Waals surface area contributed by atoms with Crippen LogP contribution in [0.15, 0.2) is 24.3 Å². The van der Waals surface area contributed by atoms with Crippen LogP contribution in [0.2, 0.25) is 0 Å². The van der Waals surface area contributed by atoms with Crippen molar-refractivity contribution in [3.05, 3.63) is 35.4 Å². The van der Waals surface area contributed by atoms with Crippen LogP contribution < -0.4 is 11.1 Å². The third-order valence-corrected chi connectivity index (χ3v) is 3.74. The Labute approximate surface area is 123 Å². The number of nitrogens with one attached hydrogen (secondary N) is 1. The van der Waals surface area contributed by atoms with Crippen molar-refractivity contribution in [1.29, 1.82) is 0 Å². The molecule has 0 atom stereocenters. The van der Waals surface area contributed by atoms with Crippen LogP contribution in [0.5, 0.6) is 0 Å². The lowest BCUT2D eigenvalue weighted by Gasteiger charge is -2.31. The second-order valence-corrected chi connectivity index (χ2v) is 5.29. The molecule has 1 saturated heterocycles. The van der Waals surface area contributed by atoms with E-state index < -0.39 is 11.5 Å². The Bertz CT molecular complexity index is 524. The van der Waals surface area contributed by atoms with E-state index in [2.05, 4.69) is 5.32 Å². The normalized spacial score (nSPS) is 17.2. The lowest BCUT2D eigenvalue weighted by molar-refractivity contribution is -0.136. The van der Waals surface area contributed by atoms with E-state index >= 15 is 0 Å². The standard InChI is InChI=1S/C15H20N2O4/c16-15(5-7-21-8-6-15)14(20)17-10-12-4-2-1-3-11(12)9-13(18)19/h1-4H,5-10,16H2,(H,17,20)(H,18,19). The lowest BCUT2D eigenvalue weighted by atomic mass is 9.90. The molecule has 0 unspecified atom stereocenters. The van der Waals surface area contributed by atoms with Crippen LogP contribution in [0.3, 0.4) is 0 Å². The van der Waals surface area contributed by atoms with E-state index in [9.17, 15) is 9.59 Å². The summed E-state index contributed by atoms with van der Waals surface area (Å²) >= 11 is 0. The fourth-order valence-electron chi connectivity index (χ4n) is 2.38. The molecule has 1 heterocycles. The van der Waals surface area contributed by atoms with Crippen molar-refractivity contribution in [1.82, 2.24) is 5.32 Å². The van der Waals surface area contributed by atoms with E-state index in [1.807, 2.05) is 12.1 Å². The molecule has 0 bridgehead atoms. The summed E-state index contributed by atoms with van der Waals surface area (Å²) in [5.74, 6) is -1.11. The SMILES string of the molecule is NC1(C(=O)NCc2ccccc2CC(=O)O)CCOCC1. The number of ether oxygens (including phenoxy) is 1. The topological polar surface area (TPSA) is 102 Å². The maximum absolute atomic E-state index is 12.2. The molecule has 6 heteroatoms. The fourth-order valence-corrected chi connectivity index (χ4v) is 2.38. The van der Waals surface area contributed by atoms with Crippen LogP contribution in [0.1, 0.15) is 24.0 Å². The molecule has 0 aromatic heterocycles. The number of aliphatic carboxylic acids is 1. The van der Waals surface area contributed by atoms with Gasteiger partial charge < -0.3 is 20.9 Å². The van der Waals surface area contributed by atoms with Crippen molar-refractivity contribution >= 4 is 11.9 Å². The first-order valence-corrected chi connectivity index (χ1v) is 6.95. The first-order chi connectivity index (χ1) is 10.0. The molecule has 4 N–H and O–H groups in total. The van der Waals surface area contributed by atoms with E-state index in [1.165, 1.54) is 0 Å². The summed E-state index contributed by atoms with van der Waals surface area (Å²) in [7, 11) is 0. The highest BCUT2D eigenvalue weighted by Gasteiger charge is 2.35. The zero-order chi connectivity index (χ0) is 15.3. The van der Waals surface area contributed by atoms with Crippen molar-refractivity contribution < 1.29 is 19.4 Å². The highest BCUT2D eigenvalue weighted by Crippen LogP contribution is 2.18. The molecule has 1 aromatic carbocycles. The molecule has 0 aliphatic carbocycles. The van der Waals surface area contributed by atoms with Crippen LogP contribution in [0.25, 0.3) is 0 Å². The van der Waals surface area contributed by atoms with Gasteiger partial charge in [-0.2, -0.15) is 0 Å². The smallest absolute Gasteiger partial charge is 0.307 e. The Balaban J connectivity index is 1.99. The molecule has 1 aliphatic rings. The molecule has 0 spiro atoms. The summed E-state index contributed by atoms with van der Waals surface area (Å²) in [5, 5.41) is 11.7. The lowest BCUT2D eigenvalue weighted by Crippen LogP contribution is -2.56. The molecular formula is C15H20N2O4. The number of rotatable bonds is 5. The van der Waals surface area contributed by atoms with Gasteiger partial charge in [0.05, 0.1) is 12.0 Å². The number of carbonyl (C=O) groups excluding carboxylic acids is 1. The van der Waals surface area contributed by atoms with Gasteiger partial charge in [-0.25, -0.2) is 0 Å². The molecule has 1 fully saturated rings. The molecule has 6 nitrogen and oxygen atoms in total. The first kappa shape index (κ1) is 15.5. The molecular weight excluding hydrogens is 272 g/mol. The van der Waals surface area contributed by atoms with Crippen molar-refractivity contribution in [3.63, 3.8) is 0 Å². The molecule has 2 rings (SSSR count). The predicted octanol–water partition coefficient (Wildman–Crippen LogP) is 0.438. The summed E-state index contributed by atoms with van der Waals surface area (Å²) < 4.78 is 5.22. The van der Waals surface area contributed by atoms with Gasteiger partial charge in [-0.05, 0) is 24.0 Å². The van der Waals surface area contributed by atoms with Crippen molar-refractivity contribution in [2.45, 2.75) is 31.3 Å². The van der Waals surface area contributed by atoms with Gasteiger partial charge in [0.2, 0.25) is 5.91 Å². The van der Waals surface area contributed by atoms with E-state index in [1.54, 1.807) is 12.1 Å². The Morgan fingerprint density at radius 3 is 2.48 bits per heavy atom. The van der Waals surface area contributed by atoms with Crippen molar-refractivity contribution in [2.75, 3.05) is 13.2 Å². The molecule has 114 valence electrons. The zero-order valence-electron chi connectivity index (χ0n) is 11.8. The summed E-state index contributed by atoms with van der Waals surface area (Å²) in [5.41, 5.74) is 6.70. The van der Waals surface area contributed by atoms with Crippen LogP contribution in [-0.2, 0) is 27.3 Å². The summed E-state index contributed by atoms with van der Waals surface area (Å²) in [6.45, 7) is 1.25. The second-order valence-electron chi connectivity index (χ2n) is 5.29. The number of carboxylic acids is 1. The number of hydrogen-bond acceptors (Lipinski definition) is 4. The van der Waals surface area contributed by atoms with Gasteiger partial charge in [0, 0.05) is 19.8 Å². The van der Waals surface area contributed by atoms with Gasteiger partial charge in [0.25, 0.3) is 0 Å². The monoisotopic (exact) mass is 292 g/mol. The molecule has 1 aromatic rings. The number of carbonyl (C=O) groups is 2. The van der Waals surface area contributed by atoms with Gasteiger partial charge in [0.15, 0.2) is 0 Å². The fraction of sp³-hybridized carbons (Fsp3) is 0.467. The zero-order valence-corrected chi connectivity index (χ0v) is 11.8. The summed E-state index contributed by atoms with van der Waals surface area (Å²) in [6, 6.07) is 7.17. The van der Waals surface area contributed by atoms with E-state index in [4.69, 9.17) is 15.6 Å². The molecule has 0 radical (unpaired) electrons. The highest BCUT2D eigenvalue weighted by molar-refractivity contribution is 5.86. The Hall–Kier alpha value is -1.92. The molecule has 1 amide bonds. The van der Waals surface area contributed by atoms with Gasteiger partial charge in [0.1, 0.15) is 0 Å². The summed E-state index contributed by atoms with van der Waals surface area (Å²) in [4.78, 5) is 23.1. The highest BCUT2D eigenvalue weighted by atomic mass is 16.5. The number of amides is 1. The van der Waals surface area contributed by atoms with Gasteiger partial charge in [-0.15, -0.1) is 0 Å². The molecule has 21 heavy (non-hydrogen) atoms. The Morgan fingerprint density at radius 2 is 1.86 bits per heavy atom. The number of benzene rings is 1. The molecule has 0 saturated carbocycles. The second kappa shape index (κ2) is 6.69. The van der Waals surface area contributed by atoms with Gasteiger partial charge in [-0.1, -0.05) is 24.3 Å². The van der Waals surface area contributed by atoms with Gasteiger partial charge in [-0.3, -0.25) is 9.59 Å². The maximum atomic E-state index is 12.2. The number of nitrogens with two attached hydrogens (primary N) is 1. The quantitative estimate of drug-likeness (QED) is 0.731. The van der Waals surface area contributed by atoms with Crippen LogP contribution in [0.4, 0.5) is 0 Å². The van der Waals surface area contributed by atoms with Crippen molar-refractivity contribution in [2.24, 2.45) is 5.73 Å². The van der Waals surface area contributed by atoms with E-state index in [0.717, 1.165) is 5.56 Å². The Kier molecular flexibility index (Phi) is 4.93. The first-order valence-electron chi connectivity index (χ1n) is 6.95. The molecule has 1 aliphatic heterocycles. The average molecular weight is 292 g/mol. The van der Waals surface area contributed by atoms with E-state index in [-0.39, 0.29) is 18.9 Å².